The maximum Gasteiger partial charge on any atom is 0.526 e. The number of Topliss-reactive ketones (excluding diaryl/α,β-unsaturated/α-hetero) is 1. The number of ether oxygens (including phenoxy) is 2. The number of ketones is 1. The molecule has 7 nitrogen and oxygen atoms in total. The highest BCUT2D eigenvalue weighted by Gasteiger charge is 2.39. The number of benzene rings is 1. The van der Waals surface area contributed by atoms with Gasteiger partial charge in [-0.1, -0.05) is 25.5 Å². The lowest BCUT2D eigenvalue weighted by molar-refractivity contribution is -0.152. The normalized spacial score (nSPS) is 15.8. The maximum absolute atomic E-state index is 13.0. The molecule has 10 heteroatoms. The summed E-state index contributed by atoms with van der Waals surface area (Å²) < 4.78 is 41.2. The first kappa shape index (κ1) is 23.8. The second-order valence-corrected chi connectivity index (χ2v) is 7.43. The van der Waals surface area contributed by atoms with Gasteiger partial charge in [-0.15, -0.1) is 0 Å². The van der Waals surface area contributed by atoms with Crippen molar-refractivity contribution in [2.24, 2.45) is 0 Å². The highest BCUT2D eigenvalue weighted by molar-refractivity contribution is 6.47. The van der Waals surface area contributed by atoms with E-state index in [2.05, 4.69) is 0 Å². The van der Waals surface area contributed by atoms with Crippen molar-refractivity contribution in [1.82, 2.24) is 0 Å². The molecule has 164 valence electrons. The number of fused-ring (bicyclic) bond motifs is 1. The van der Waals surface area contributed by atoms with E-state index in [-0.39, 0.29) is 30.6 Å². The van der Waals surface area contributed by atoms with E-state index in [4.69, 9.17) is 14.1 Å². The average Bonchev–Trinajstić information content (AvgIpc) is 2.65. The van der Waals surface area contributed by atoms with Crippen LogP contribution in [0.3, 0.4) is 0 Å². The van der Waals surface area contributed by atoms with E-state index in [1.165, 1.54) is 6.07 Å². The minimum atomic E-state index is -3.12. The fourth-order valence-electron chi connectivity index (χ4n) is 3.15. The molecule has 0 saturated carbocycles. The molecule has 0 aliphatic carbocycles. The predicted molar refractivity (Wildman–Crippen MR) is 103 cm³/mol. The Morgan fingerprint density at radius 1 is 1.30 bits per heavy atom. The van der Waals surface area contributed by atoms with Crippen molar-refractivity contribution in [2.45, 2.75) is 64.1 Å². The van der Waals surface area contributed by atoms with Crippen LogP contribution in [-0.4, -0.2) is 42.6 Å². The highest BCUT2D eigenvalue weighted by Crippen LogP contribution is 2.37. The SMILES string of the molecule is CCCCC(=O)OCOC(=O)c1cccc2c1OB(O)[C@@H](CC(=O)CC(C)(F)F)C2. The Morgan fingerprint density at radius 2 is 2.03 bits per heavy atom. The van der Waals surface area contributed by atoms with E-state index in [1.54, 1.807) is 12.1 Å². The van der Waals surface area contributed by atoms with Crippen molar-refractivity contribution in [3.05, 3.63) is 29.3 Å². The average molecular weight is 426 g/mol. The van der Waals surface area contributed by atoms with Crippen LogP contribution in [0.15, 0.2) is 18.2 Å². The molecule has 1 aromatic rings. The van der Waals surface area contributed by atoms with Crippen molar-refractivity contribution >= 4 is 24.8 Å². The summed E-state index contributed by atoms with van der Waals surface area (Å²) in [6.07, 6.45) is 0.722. The van der Waals surface area contributed by atoms with E-state index >= 15 is 0 Å². The third-order valence-corrected chi connectivity index (χ3v) is 4.58. The van der Waals surface area contributed by atoms with Gasteiger partial charge in [0, 0.05) is 18.7 Å². The van der Waals surface area contributed by atoms with Crippen molar-refractivity contribution in [3.8, 4) is 5.75 Å². The monoisotopic (exact) mass is 426 g/mol. The summed E-state index contributed by atoms with van der Waals surface area (Å²) in [5, 5.41) is 10.2. The molecule has 1 atom stereocenters. The summed E-state index contributed by atoms with van der Waals surface area (Å²) in [6, 6.07) is 4.65. The number of carbonyl (C=O) groups excluding carboxylic acids is 3. The van der Waals surface area contributed by atoms with Gasteiger partial charge in [0.1, 0.15) is 17.1 Å². The fourth-order valence-corrected chi connectivity index (χ4v) is 3.15. The number of carbonyl (C=O) groups is 3. The molecule has 0 amide bonds. The Morgan fingerprint density at radius 3 is 2.70 bits per heavy atom. The number of unbranched alkanes of at least 4 members (excludes halogenated alkanes) is 1. The van der Waals surface area contributed by atoms with Crippen molar-refractivity contribution in [2.75, 3.05) is 6.79 Å². The highest BCUT2D eigenvalue weighted by atomic mass is 19.3. The molecule has 0 bridgehead atoms. The molecule has 0 aromatic heterocycles. The maximum atomic E-state index is 13.0. The minimum Gasteiger partial charge on any atom is -0.535 e. The molecule has 1 aliphatic rings. The van der Waals surface area contributed by atoms with Gasteiger partial charge in [-0.2, -0.15) is 0 Å². The Hall–Kier alpha value is -2.49. The fraction of sp³-hybridized carbons (Fsp3) is 0.550. The van der Waals surface area contributed by atoms with Gasteiger partial charge in [0.15, 0.2) is 0 Å². The van der Waals surface area contributed by atoms with Crippen LogP contribution in [-0.2, 0) is 25.5 Å². The van der Waals surface area contributed by atoms with Crippen LogP contribution in [0.1, 0.15) is 61.9 Å². The Kier molecular flexibility index (Phi) is 8.34. The van der Waals surface area contributed by atoms with Gasteiger partial charge in [-0.05, 0) is 31.4 Å². The molecule has 30 heavy (non-hydrogen) atoms. The summed E-state index contributed by atoms with van der Waals surface area (Å²) in [4.78, 5) is 35.6. The topological polar surface area (TPSA) is 99.1 Å². The van der Waals surface area contributed by atoms with Gasteiger partial charge in [-0.3, -0.25) is 9.59 Å². The van der Waals surface area contributed by atoms with Crippen LogP contribution < -0.4 is 4.65 Å². The molecule has 0 fully saturated rings. The first-order valence-electron chi connectivity index (χ1n) is 9.79. The standard InChI is InChI=1S/C20H25BF2O7/c1-3-4-8-17(25)28-12-29-19(26)16-7-5-6-13-9-14(21(27)30-18(13)16)10-15(24)11-20(2,22)23/h5-7,14,27H,3-4,8-12H2,1-2H3/t14-/m1/s1. The molecule has 0 radical (unpaired) electrons. The first-order valence-corrected chi connectivity index (χ1v) is 9.79. The molecule has 0 spiro atoms. The second-order valence-electron chi connectivity index (χ2n) is 7.43. The van der Waals surface area contributed by atoms with Crippen LogP contribution >= 0.6 is 0 Å². The van der Waals surface area contributed by atoms with E-state index < -0.39 is 49.8 Å². The largest absolute Gasteiger partial charge is 0.535 e. The lowest BCUT2D eigenvalue weighted by Crippen LogP contribution is -2.36. The summed E-state index contributed by atoms with van der Waals surface area (Å²) in [5.41, 5.74) is 0.566. The lowest BCUT2D eigenvalue weighted by Gasteiger charge is -2.28. The number of esters is 2. The van der Waals surface area contributed by atoms with E-state index in [9.17, 15) is 28.2 Å². The van der Waals surface area contributed by atoms with Gasteiger partial charge in [0.2, 0.25) is 6.79 Å². The van der Waals surface area contributed by atoms with Crippen molar-refractivity contribution in [1.29, 1.82) is 0 Å². The number of rotatable bonds is 10. The second kappa shape index (κ2) is 10.5. The molecule has 1 N–H and O–H groups in total. The minimum absolute atomic E-state index is 0.0287. The third kappa shape index (κ3) is 7.09. The number of halogens is 2. The predicted octanol–water partition coefficient (Wildman–Crippen LogP) is 3.32. The van der Waals surface area contributed by atoms with Gasteiger partial charge >= 0.3 is 19.1 Å². The summed E-state index contributed by atoms with van der Waals surface area (Å²) in [6.45, 7) is 2.04. The van der Waals surface area contributed by atoms with E-state index in [1.807, 2.05) is 6.92 Å². The molecular formula is C20H25BF2O7. The van der Waals surface area contributed by atoms with Crippen LogP contribution in [0.4, 0.5) is 8.78 Å². The van der Waals surface area contributed by atoms with Crippen LogP contribution in [0.2, 0.25) is 5.82 Å². The Labute approximate surface area is 173 Å². The Bertz CT molecular complexity index is 779. The number of para-hydroxylation sites is 1. The van der Waals surface area contributed by atoms with Gasteiger partial charge in [-0.25, -0.2) is 13.6 Å². The van der Waals surface area contributed by atoms with Crippen molar-refractivity contribution in [3.63, 3.8) is 0 Å². The van der Waals surface area contributed by atoms with E-state index in [0.717, 1.165) is 6.42 Å². The zero-order valence-electron chi connectivity index (χ0n) is 17.0. The summed E-state index contributed by atoms with van der Waals surface area (Å²) >= 11 is 0. The zero-order chi connectivity index (χ0) is 22.3. The zero-order valence-corrected chi connectivity index (χ0v) is 17.0. The van der Waals surface area contributed by atoms with Gasteiger partial charge in [0.25, 0.3) is 5.92 Å². The number of hydrogen-bond acceptors (Lipinski definition) is 7. The van der Waals surface area contributed by atoms with Gasteiger partial charge < -0.3 is 19.2 Å². The van der Waals surface area contributed by atoms with E-state index in [0.29, 0.717) is 18.9 Å². The summed E-state index contributed by atoms with van der Waals surface area (Å²) in [5.74, 6) is -5.69. The first-order chi connectivity index (χ1) is 14.1. The van der Waals surface area contributed by atoms with Crippen molar-refractivity contribution < 1.29 is 42.3 Å². The molecule has 0 unspecified atom stereocenters. The van der Waals surface area contributed by atoms with Gasteiger partial charge in [0.05, 0.1) is 6.42 Å². The smallest absolute Gasteiger partial charge is 0.526 e. The number of alkyl halides is 2. The van der Waals surface area contributed by atoms with Crippen LogP contribution in [0.25, 0.3) is 0 Å². The summed E-state index contributed by atoms with van der Waals surface area (Å²) in [7, 11) is -1.44. The molecule has 0 saturated heterocycles. The molecule has 1 heterocycles. The van der Waals surface area contributed by atoms with Crippen LogP contribution in [0, 0.1) is 0 Å². The van der Waals surface area contributed by atoms with Crippen LogP contribution in [0.5, 0.6) is 5.75 Å². The lowest BCUT2D eigenvalue weighted by atomic mass is 9.64. The molecule has 1 aliphatic heterocycles. The Balaban J connectivity index is 1.99. The quantitative estimate of drug-likeness (QED) is 0.348. The molecular weight excluding hydrogens is 401 g/mol. The third-order valence-electron chi connectivity index (χ3n) is 4.58. The number of hydrogen-bond donors (Lipinski definition) is 1. The molecule has 1 aromatic carbocycles. The molecule has 2 rings (SSSR count).